The van der Waals surface area contributed by atoms with Gasteiger partial charge in [0.05, 0.1) is 35.7 Å². The van der Waals surface area contributed by atoms with Crippen molar-refractivity contribution < 1.29 is 14.9 Å². The highest BCUT2D eigenvalue weighted by Crippen LogP contribution is 2.37. The molecule has 0 unspecified atom stereocenters. The number of phenols is 1. The molecule has 9 heteroatoms. The topological polar surface area (TPSA) is 112 Å². The molecule has 2 aromatic heterocycles. The minimum absolute atomic E-state index is 0.0575. The molecule has 1 saturated heterocycles. The standard InChI is InChI=1S/C25H28N6O3/c32-23-15-22-19(21(26-27-22)13-16-3-1-2-4-16)14-20(23)24-28-29-25(33)31(24)18-7-5-17(6-8-18)30-9-11-34-12-10-30/h5-8,14-16,32H,1-4,9-13H2,(H,26,27)(H,29,33). The molecular weight excluding hydrogens is 432 g/mol. The van der Waals surface area contributed by atoms with Gasteiger partial charge in [0, 0.05) is 30.2 Å². The molecule has 1 saturated carbocycles. The summed E-state index contributed by atoms with van der Waals surface area (Å²) in [5.74, 6) is 1.09. The molecule has 1 aliphatic carbocycles. The van der Waals surface area contributed by atoms with Crippen molar-refractivity contribution in [2.75, 3.05) is 31.2 Å². The van der Waals surface area contributed by atoms with E-state index in [0.29, 0.717) is 23.0 Å². The summed E-state index contributed by atoms with van der Waals surface area (Å²) in [5, 5.41) is 38.0. The molecule has 3 N–H and O–H groups in total. The van der Waals surface area contributed by atoms with Crippen molar-refractivity contribution in [3.8, 4) is 28.8 Å². The predicted octanol–water partition coefficient (Wildman–Crippen LogP) is 3.79. The number of aromatic nitrogens is 5. The van der Waals surface area contributed by atoms with Crippen LogP contribution < -0.4 is 4.90 Å². The van der Waals surface area contributed by atoms with Crippen LogP contribution in [0.25, 0.3) is 28.0 Å². The van der Waals surface area contributed by atoms with E-state index in [-0.39, 0.29) is 11.8 Å². The monoisotopic (exact) mass is 460 g/mol. The Morgan fingerprint density at radius 3 is 2.47 bits per heavy atom. The van der Waals surface area contributed by atoms with E-state index in [2.05, 4.69) is 25.3 Å². The van der Waals surface area contributed by atoms with Gasteiger partial charge in [-0.25, -0.2) is 4.57 Å². The lowest BCUT2D eigenvalue weighted by Gasteiger charge is -2.29. The first-order valence-corrected chi connectivity index (χ1v) is 12.0. The van der Waals surface area contributed by atoms with Crippen molar-refractivity contribution >= 4 is 16.6 Å². The van der Waals surface area contributed by atoms with Gasteiger partial charge < -0.3 is 19.8 Å². The maximum Gasteiger partial charge on any atom is 0.319 e. The Morgan fingerprint density at radius 2 is 1.71 bits per heavy atom. The van der Waals surface area contributed by atoms with Crippen LogP contribution in [0.2, 0.25) is 0 Å². The first-order valence-electron chi connectivity index (χ1n) is 12.0. The number of benzene rings is 2. The Hall–Kier alpha value is -3.59. The van der Waals surface area contributed by atoms with E-state index in [1.54, 1.807) is 10.6 Å². The summed E-state index contributed by atoms with van der Waals surface area (Å²) in [4.78, 5) is 2.27. The van der Waals surface area contributed by atoms with Crippen LogP contribution in [0, 0.1) is 5.92 Å². The van der Waals surface area contributed by atoms with Crippen LogP contribution in [-0.2, 0) is 11.2 Å². The highest BCUT2D eigenvalue weighted by atomic mass is 16.5. The zero-order chi connectivity index (χ0) is 23.1. The Bertz CT molecular complexity index is 1300. The number of H-pyrrole nitrogens is 1. The van der Waals surface area contributed by atoms with Crippen molar-refractivity contribution in [2.45, 2.75) is 32.1 Å². The van der Waals surface area contributed by atoms with Gasteiger partial charge in [0.25, 0.3) is 0 Å². The van der Waals surface area contributed by atoms with E-state index >= 15 is 0 Å². The van der Waals surface area contributed by atoms with Crippen molar-refractivity contribution in [3.63, 3.8) is 0 Å². The Kier molecular flexibility index (Phi) is 5.33. The van der Waals surface area contributed by atoms with Gasteiger partial charge in [-0.3, -0.25) is 5.10 Å². The molecule has 176 valence electrons. The first-order chi connectivity index (χ1) is 16.7. The second-order valence-electron chi connectivity index (χ2n) is 9.21. The Morgan fingerprint density at radius 1 is 0.971 bits per heavy atom. The lowest BCUT2D eigenvalue weighted by Crippen LogP contribution is -2.36. The van der Waals surface area contributed by atoms with Crippen molar-refractivity contribution in [1.82, 2.24) is 25.0 Å². The number of anilines is 1. The number of nitrogens with zero attached hydrogens (tertiary/aromatic N) is 5. The normalized spacial score (nSPS) is 17.1. The van der Waals surface area contributed by atoms with E-state index in [1.807, 2.05) is 30.3 Å². The number of rotatable bonds is 5. The maximum atomic E-state index is 10.8. The molecule has 0 bridgehead atoms. The number of nitrogens with one attached hydrogen (secondary N) is 1. The third-order valence-corrected chi connectivity index (χ3v) is 7.09. The summed E-state index contributed by atoms with van der Waals surface area (Å²) >= 11 is 0. The highest BCUT2D eigenvalue weighted by molar-refractivity contribution is 5.89. The number of aromatic amines is 1. The van der Waals surface area contributed by atoms with Crippen LogP contribution in [0.4, 0.5) is 5.69 Å². The van der Waals surface area contributed by atoms with Crippen LogP contribution in [-0.4, -0.2) is 61.5 Å². The van der Waals surface area contributed by atoms with Crippen LogP contribution >= 0.6 is 0 Å². The number of phenolic OH excluding ortho intramolecular Hbond substituents is 1. The summed E-state index contributed by atoms with van der Waals surface area (Å²) < 4.78 is 7.00. The van der Waals surface area contributed by atoms with Gasteiger partial charge in [-0.05, 0) is 42.7 Å². The molecule has 2 aliphatic rings. The second-order valence-corrected chi connectivity index (χ2v) is 9.21. The lowest BCUT2D eigenvalue weighted by molar-refractivity contribution is 0.122. The number of hydrogen-bond donors (Lipinski definition) is 3. The summed E-state index contributed by atoms with van der Waals surface area (Å²) in [5.41, 5.74) is 4.12. The fraction of sp³-hybridized carbons (Fsp3) is 0.400. The van der Waals surface area contributed by atoms with Gasteiger partial charge in [0.15, 0.2) is 5.82 Å². The minimum atomic E-state index is -0.230. The molecular formula is C25H28N6O3. The summed E-state index contributed by atoms with van der Waals surface area (Å²) in [6.45, 7) is 3.14. The molecule has 0 spiro atoms. The largest absolute Gasteiger partial charge is 0.507 e. The first kappa shape index (κ1) is 21.0. The molecule has 2 aromatic carbocycles. The average Bonchev–Trinajstić information content (AvgIpc) is 3.61. The second kappa shape index (κ2) is 8.64. The summed E-state index contributed by atoms with van der Waals surface area (Å²) in [6.07, 6.45) is 5.96. The van der Waals surface area contributed by atoms with Gasteiger partial charge in [0.1, 0.15) is 5.75 Å². The van der Waals surface area contributed by atoms with Gasteiger partial charge in [-0.2, -0.15) is 5.10 Å². The smallest absolute Gasteiger partial charge is 0.319 e. The van der Waals surface area contributed by atoms with E-state index in [4.69, 9.17) is 4.74 Å². The third-order valence-electron chi connectivity index (χ3n) is 7.09. The van der Waals surface area contributed by atoms with Crippen molar-refractivity contribution in [3.05, 3.63) is 42.1 Å². The number of fused-ring (bicyclic) bond motifs is 1. The molecule has 0 atom stereocenters. The molecule has 0 radical (unpaired) electrons. The van der Waals surface area contributed by atoms with E-state index in [9.17, 15) is 10.2 Å². The van der Waals surface area contributed by atoms with Gasteiger partial charge >= 0.3 is 6.01 Å². The van der Waals surface area contributed by atoms with Gasteiger partial charge in [-0.1, -0.05) is 30.8 Å². The Balaban J connectivity index is 1.37. The number of hydrogen-bond acceptors (Lipinski definition) is 7. The van der Waals surface area contributed by atoms with Crippen LogP contribution in [0.5, 0.6) is 11.8 Å². The molecule has 4 aromatic rings. The summed E-state index contributed by atoms with van der Waals surface area (Å²) in [7, 11) is 0. The molecule has 2 fully saturated rings. The SMILES string of the molecule is Oc1cc2[nH]nc(CC3CCCC3)c2cc1-c1nnc(O)n1-c1ccc(N2CCOCC2)cc1. The zero-order valence-corrected chi connectivity index (χ0v) is 18.9. The minimum Gasteiger partial charge on any atom is -0.507 e. The van der Waals surface area contributed by atoms with E-state index < -0.39 is 0 Å². The fourth-order valence-electron chi connectivity index (χ4n) is 5.25. The van der Waals surface area contributed by atoms with Crippen LogP contribution in [0.1, 0.15) is 31.4 Å². The molecule has 3 heterocycles. The maximum absolute atomic E-state index is 10.8. The zero-order valence-electron chi connectivity index (χ0n) is 18.9. The highest BCUT2D eigenvalue weighted by Gasteiger charge is 2.22. The van der Waals surface area contributed by atoms with Crippen LogP contribution in [0.15, 0.2) is 36.4 Å². The average molecular weight is 461 g/mol. The molecule has 0 amide bonds. The van der Waals surface area contributed by atoms with E-state index in [0.717, 1.165) is 55.0 Å². The number of aromatic hydroxyl groups is 2. The Labute approximate surface area is 197 Å². The van der Waals surface area contributed by atoms with Gasteiger partial charge in [-0.15, -0.1) is 5.10 Å². The summed E-state index contributed by atoms with van der Waals surface area (Å²) in [6, 6.07) is 11.2. The number of morpholine rings is 1. The van der Waals surface area contributed by atoms with Crippen LogP contribution in [0.3, 0.4) is 0 Å². The number of ether oxygens (including phenoxy) is 1. The quantitative estimate of drug-likeness (QED) is 0.415. The molecule has 34 heavy (non-hydrogen) atoms. The molecule has 6 rings (SSSR count). The lowest BCUT2D eigenvalue weighted by atomic mass is 9.99. The fourth-order valence-corrected chi connectivity index (χ4v) is 5.25. The van der Waals surface area contributed by atoms with Gasteiger partial charge in [0.2, 0.25) is 0 Å². The predicted molar refractivity (Wildman–Crippen MR) is 128 cm³/mol. The molecule has 1 aliphatic heterocycles. The van der Waals surface area contributed by atoms with E-state index in [1.165, 1.54) is 25.7 Å². The van der Waals surface area contributed by atoms with Crippen molar-refractivity contribution in [1.29, 1.82) is 0 Å². The molecule has 9 nitrogen and oxygen atoms in total. The third kappa shape index (κ3) is 3.75. The van der Waals surface area contributed by atoms with Crippen molar-refractivity contribution in [2.24, 2.45) is 5.92 Å².